The predicted molar refractivity (Wildman–Crippen MR) is 87.7 cm³/mol. The van der Waals surface area contributed by atoms with E-state index in [9.17, 15) is 4.79 Å². The second kappa shape index (κ2) is 6.66. The number of amides is 2. The molecule has 4 heteroatoms. The molecule has 1 aliphatic heterocycles. The van der Waals surface area contributed by atoms with Crippen molar-refractivity contribution in [3.63, 3.8) is 0 Å². The Morgan fingerprint density at radius 3 is 2.43 bits per heavy atom. The van der Waals surface area contributed by atoms with Gasteiger partial charge in [0, 0.05) is 38.1 Å². The molecule has 114 valence electrons. The molecule has 4 nitrogen and oxygen atoms in total. The maximum atomic E-state index is 12.0. The van der Waals surface area contributed by atoms with Gasteiger partial charge in [-0.15, -0.1) is 0 Å². The van der Waals surface area contributed by atoms with Gasteiger partial charge in [0.05, 0.1) is 0 Å². The monoisotopic (exact) mass is 287 g/mol. The number of anilines is 1. The van der Waals surface area contributed by atoms with Crippen molar-refractivity contribution in [2.45, 2.75) is 27.7 Å². The number of aryl methyl sites for hydroxylation is 1. The number of nitrogens with zero attached hydrogens (tertiary/aromatic N) is 2. The fourth-order valence-electron chi connectivity index (χ4n) is 2.53. The van der Waals surface area contributed by atoms with Crippen molar-refractivity contribution < 1.29 is 4.79 Å². The van der Waals surface area contributed by atoms with Crippen LogP contribution in [0.25, 0.3) is 0 Å². The molecular formula is C17H25N3O. The Kier molecular flexibility index (Phi) is 4.89. The van der Waals surface area contributed by atoms with E-state index < -0.39 is 0 Å². The third-order valence-electron chi connectivity index (χ3n) is 3.97. The van der Waals surface area contributed by atoms with Crippen molar-refractivity contribution in [3.8, 4) is 0 Å². The molecule has 1 heterocycles. The second-order valence-corrected chi connectivity index (χ2v) is 5.86. The van der Waals surface area contributed by atoms with Gasteiger partial charge in [-0.1, -0.05) is 17.7 Å². The van der Waals surface area contributed by atoms with Gasteiger partial charge in [0.1, 0.15) is 0 Å². The van der Waals surface area contributed by atoms with E-state index in [0.29, 0.717) is 0 Å². The highest BCUT2D eigenvalue weighted by Gasteiger charge is 2.21. The van der Waals surface area contributed by atoms with Crippen molar-refractivity contribution in [2.24, 2.45) is 0 Å². The molecule has 1 N–H and O–H groups in total. The lowest BCUT2D eigenvalue weighted by Gasteiger charge is -2.36. The average Bonchev–Trinajstić information content (AvgIpc) is 2.48. The average molecular weight is 287 g/mol. The minimum absolute atomic E-state index is 0.00295. The molecule has 1 saturated heterocycles. The number of hydrogen-bond acceptors (Lipinski definition) is 2. The summed E-state index contributed by atoms with van der Waals surface area (Å²) in [5.74, 6) is 0. The third kappa shape index (κ3) is 3.78. The Bertz CT molecular complexity index is 539. The summed E-state index contributed by atoms with van der Waals surface area (Å²) < 4.78 is 0. The number of allylic oxidation sites excluding steroid dienone is 1. The number of nitrogens with one attached hydrogen (secondary N) is 1. The van der Waals surface area contributed by atoms with Crippen LogP contribution >= 0.6 is 0 Å². The van der Waals surface area contributed by atoms with Crippen molar-refractivity contribution in [1.82, 2.24) is 10.2 Å². The molecule has 0 aliphatic carbocycles. The van der Waals surface area contributed by atoms with Crippen LogP contribution in [0.2, 0.25) is 0 Å². The number of hydrogen-bond donors (Lipinski definition) is 1. The zero-order valence-electron chi connectivity index (χ0n) is 13.4. The van der Waals surface area contributed by atoms with E-state index in [-0.39, 0.29) is 6.03 Å². The van der Waals surface area contributed by atoms with Gasteiger partial charge in [0.25, 0.3) is 0 Å². The summed E-state index contributed by atoms with van der Waals surface area (Å²) in [6.07, 6.45) is 1.76. The van der Waals surface area contributed by atoms with Gasteiger partial charge in [-0.3, -0.25) is 0 Å². The predicted octanol–water partition coefficient (Wildman–Crippen LogP) is 3.06. The van der Waals surface area contributed by atoms with E-state index >= 15 is 0 Å². The summed E-state index contributed by atoms with van der Waals surface area (Å²) >= 11 is 0. The number of benzene rings is 1. The van der Waals surface area contributed by atoms with Crippen molar-refractivity contribution in [1.29, 1.82) is 0 Å². The van der Waals surface area contributed by atoms with Gasteiger partial charge in [-0.2, -0.15) is 0 Å². The summed E-state index contributed by atoms with van der Waals surface area (Å²) in [6, 6.07) is 6.41. The van der Waals surface area contributed by atoms with Crippen LogP contribution in [-0.2, 0) is 0 Å². The minimum Gasteiger partial charge on any atom is -0.368 e. The Balaban J connectivity index is 1.96. The van der Waals surface area contributed by atoms with Crippen LogP contribution in [0, 0.1) is 13.8 Å². The number of rotatable bonds is 2. The lowest BCUT2D eigenvalue weighted by molar-refractivity contribution is 0.198. The van der Waals surface area contributed by atoms with E-state index in [2.05, 4.69) is 42.3 Å². The molecule has 0 radical (unpaired) electrons. The van der Waals surface area contributed by atoms with E-state index in [0.717, 1.165) is 31.8 Å². The third-order valence-corrected chi connectivity index (χ3v) is 3.97. The maximum Gasteiger partial charge on any atom is 0.321 e. The lowest BCUT2D eigenvalue weighted by Crippen LogP contribution is -2.51. The summed E-state index contributed by atoms with van der Waals surface area (Å²) in [5, 5.41) is 2.83. The molecule has 1 aromatic carbocycles. The van der Waals surface area contributed by atoms with Gasteiger partial charge < -0.3 is 15.1 Å². The number of piperazine rings is 1. The molecule has 1 fully saturated rings. The van der Waals surface area contributed by atoms with Crippen LogP contribution in [0.5, 0.6) is 0 Å². The standard InChI is InChI=1S/C17H25N3O/c1-13(2)12-18-17(21)20-10-8-19(9-11-20)16-7-5-6-14(3)15(16)4/h5-7,12H,8-11H2,1-4H3,(H,18,21). The van der Waals surface area contributed by atoms with Gasteiger partial charge in [-0.05, 0) is 44.9 Å². The molecule has 0 aromatic heterocycles. The van der Waals surface area contributed by atoms with Crippen LogP contribution in [0.3, 0.4) is 0 Å². The highest BCUT2D eigenvalue weighted by Crippen LogP contribution is 2.23. The normalized spacial score (nSPS) is 14.9. The largest absolute Gasteiger partial charge is 0.368 e. The molecule has 0 unspecified atom stereocenters. The molecule has 2 rings (SSSR count). The van der Waals surface area contributed by atoms with Crippen molar-refractivity contribution in [2.75, 3.05) is 31.1 Å². The number of carbonyl (C=O) groups excluding carboxylic acids is 1. The zero-order chi connectivity index (χ0) is 15.4. The minimum atomic E-state index is -0.00295. The van der Waals surface area contributed by atoms with E-state index in [1.165, 1.54) is 16.8 Å². The van der Waals surface area contributed by atoms with E-state index in [4.69, 9.17) is 0 Å². The summed E-state index contributed by atoms with van der Waals surface area (Å²) in [6.45, 7) is 11.5. The highest BCUT2D eigenvalue weighted by atomic mass is 16.2. The Labute approximate surface area is 127 Å². The first-order valence-corrected chi connectivity index (χ1v) is 7.49. The molecule has 21 heavy (non-hydrogen) atoms. The van der Waals surface area contributed by atoms with Gasteiger partial charge in [0.2, 0.25) is 0 Å². The molecular weight excluding hydrogens is 262 g/mol. The molecule has 0 atom stereocenters. The van der Waals surface area contributed by atoms with Crippen LogP contribution in [0.1, 0.15) is 25.0 Å². The van der Waals surface area contributed by atoms with Gasteiger partial charge >= 0.3 is 6.03 Å². The Hall–Kier alpha value is -1.97. The Morgan fingerprint density at radius 2 is 1.81 bits per heavy atom. The first-order valence-electron chi connectivity index (χ1n) is 7.49. The fraction of sp³-hybridized carbons (Fsp3) is 0.471. The number of carbonyl (C=O) groups is 1. The van der Waals surface area contributed by atoms with Crippen molar-refractivity contribution in [3.05, 3.63) is 41.1 Å². The fourth-order valence-corrected chi connectivity index (χ4v) is 2.53. The van der Waals surface area contributed by atoms with Crippen molar-refractivity contribution >= 4 is 11.7 Å². The molecule has 2 amide bonds. The van der Waals surface area contributed by atoms with E-state index in [1.54, 1.807) is 6.20 Å². The van der Waals surface area contributed by atoms with Gasteiger partial charge in [-0.25, -0.2) is 4.79 Å². The first kappa shape index (κ1) is 15.4. The first-order chi connectivity index (χ1) is 9.99. The molecule has 1 aliphatic rings. The van der Waals surface area contributed by atoms with E-state index in [1.807, 2.05) is 18.7 Å². The molecule has 1 aromatic rings. The zero-order valence-corrected chi connectivity index (χ0v) is 13.4. The van der Waals surface area contributed by atoms with Crippen LogP contribution < -0.4 is 10.2 Å². The second-order valence-electron chi connectivity index (χ2n) is 5.86. The van der Waals surface area contributed by atoms with Crippen LogP contribution in [0.4, 0.5) is 10.5 Å². The molecule has 0 saturated carbocycles. The molecule has 0 spiro atoms. The van der Waals surface area contributed by atoms with Crippen LogP contribution in [-0.4, -0.2) is 37.1 Å². The topological polar surface area (TPSA) is 35.6 Å². The molecule has 0 bridgehead atoms. The quantitative estimate of drug-likeness (QED) is 0.907. The Morgan fingerprint density at radius 1 is 1.14 bits per heavy atom. The van der Waals surface area contributed by atoms with Crippen LogP contribution in [0.15, 0.2) is 30.0 Å². The SMILES string of the molecule is CC(C)=CNC(=O)N1CCN(c2cccc(C)c2C)CC1. The summed E-state index contributed by atoms with van der Waals surface area (Å²) in [7, 11) is 0. The highest BCUT2D eigenvalue weighted by molar-refractivity contribution is 5.75. The summed E-state index contributed by atoms with van der Waals surface area (Å²) in [5.41, 5.74) is 5.04. The summed E-state index contributed by atoms with van der Waals surface area (Å²) in [4.78, 5) is 16.3. The maximum absolute atomic E-state index is 12.0. The number of urea groups is 1. The smallest absolute Gasteiger partial charge is 0.321 e. The van der Waals surface area contributed by atoms with Gasteiger partial charge in [0.15, 0.2) is 0 Å². The lowest BCUT2D eigenvalue weighted by atomic mass is 10.1.